The number of rotatable bonds is 14. The minimum absolute atomic E-state index is 0.0119. The first-order chi connectivity index (χ1) is 30.5. The van der Waals surface area contributed by atoms with Crippen molar-refractivity contribution >= 4 is 33.4 Å². The van der Waals surface area contributed by atoms with Crippen LogP contribution in [0.15, 0.2) is 60.9 Å². The van der Waals surface area contributed by atoms with Crippen molar-refractivity contribution < 1.29 is 23.8 Å². The summed E-state index contributed by atoms with van der Waals surface area (Å²) in [6.45, 7) is 12.7. The van der Waals surface area contributed by atoms with Gasteiger partial charge in [-0.15, -0.1) is 5.10 Å². The number of fused-ring (bicyclic) bond motifs is 4. The molecule has 3 aliphatic rings. The van der Waals surface area contributed by atoms with Crippen LogP contribution in [0.25, 0.3) is 44.2 Å². The molecule has 13 nitrogen and oxygen atoms in total. The number of halogens is 1. The summed E-state index contributed by atoms with van der Waals surface area (Å²) in [5.41, 5.74) is 4.57. The number of aryl methyl sites for hydroxylation is 2. The van der Waals surface area contributed by atoms with E-state index in [9.17, 15) is 9.90 Å². The van der Waals surface area contributed by atoms with E-state index in [0.717, 1.165) is 74.1 Å². The second-order valence-corrected chi connectivity index (χ2v) is 18.0. The van der Waals surface area contributed by atoms with Gasteiger partial charge in [0.25, 0.3) is 0 Å². The number of anilines is 1. The Morgan fingerprint density at radius 1 is 1.03 bits per heavy atom. The number of aromatic hydroxyl groups is 1. The Kier molecular flexibility index (Phi) is 12.0. The van der Waals surface area contributed by atoms with Gasteiger partial charge in [0, 0.05) is 68.6 Å². The Bertz CT molecular complexity index is 2620. The minimum atomic E-state index is -0.438. The van der Waals surface area contributed by atoms with E-state index in [4.69, 9.17) is 24.4 Å². The summed E-state index contributed by atoms with van der Waals surface area (Å²) in [6, 6.07) is 14.9. The van der Waals surface area contributed by atoms with Gasteiger partial charge in [0.15, 0.2) is 5.75 Å². The number of hydrogen-bond donors (Lipinski definition) is 2. The third kappa shape index (κ3) is 8.42. The molecule has 0 radical (unpaired) electrons. The van der Waals surface area contributed by atoms with Gasteiger partial charge < -0.3 is 29.7 Å². The third-order valence-electron chi connectivity index (χ3n) is 13.3. The number of benzene rings is 3. The van der Waals surface area contributed by atoms with Crippen LogP contribution in [0.4, 0.5) is 10.2 Å². The zero-order valence-electron chi connectivity index (χ0n) is 37.1. The van der Waals surface area contributed by atoms with Crippen LogP contribution in [0, 0.1) is 11.7 Å². The van der Waals surface area contributed by atoms with Crippen LogP contribution in [0.5, 0.6) is 11.5 Å². The van der Waals surface area contributed by atoms with Crippen molar-refractivity contribution in [1.29, 1.82) is 0 Å². The first-order valence-electron chi connectivity index (χ1n) is 22.6. The predicted molar refractivity (Wildman–Crippen MR) is 242 cm³/mol. The highest BCUT2D eigenvalue weighted by Gasteiger charge is 2.36. The summed E-state index contributed by atoms with van der Waals surface area (Å²) >= 11 is 0. The van der Waals surface area contributed by atoms with Crippen LogP contribution in [-0.4, -0.2) is 96.8 Å². The van der Waals surface area contributed by atoms with E-state index in [1.54, 1.807) is 30.0 Å². The molecule has 14 heteroatoms. The quantitative estimate of drug-likeness (QED) is 0.109. The number of nitrogens with one attached hydrogen (secondary N) is 1. The molecule has 0 aliphatic carbocycles. The Labute approximate surface area is 368 Å². The van der Waals surface area contributed by atoms with Gasteiger partial charge >= 0.3 is 0 Å². The van der Waals surface area contributed by atoms with Crippen molar-refractivity contribution in [3.8, 4) is 34.0 Å². The van der Waals surface area contributed by atoms with Gasteiger partial charge in [0.1, 0.15) is 52.8 Å². The molecule has 63 heavy (non-hydrogen) atoms. The number of aromatic nitrogens is 6. The van der Waals surface area contributed by atoms with Crippen LogP contribution in [0.3, 0.4) is 0 Å². The Hall–Kier alpha value is -5.73. The van der Waals surface area contributed by atoms with Gasteiger partial charge in [-0.3, -0.25) is 9.78 Å². The van der Waals surface area contributed by atoms with Crippen molar-refractivity contribution in [3.05, 3.63) is 83.7 Å². The third-order valence-corrected chi connectivity index (χ3v) is 13.3. The maximum atomic E-state index is 15.6. The summed E-state index contributed by atoms with van der Waals surface area (Å²) in [5.74, 6) is 1.76. The van der Waals surface area contributed by atoms with Crippen molar-refractivity contribution in [2.24, 2.45) is 5.92 Å². The van der Waals surface area contributed by atoms with Gasteiger partial charge in [-0.1, -0.05) is 56.3 Å². The van der Waals surface area contributed by atoms with E-state index in [2.05, 4.69) is 27.5 Å². The molecule has 6 aromatic rings. The van der Waals surface area contributed by atoms with Crippen molar-refractivity contribution in [1.82, 2.24) is 40.2 Å². The average molecular weight is 856 g/mol. The number of piperazine rings is 1. The monoisotopic (exact) mass is 855 g/mol. The fourth-order valence-electron chi connectivity index (χ4n) is 9.83. The van der Waals surface area contributed by atoms with E-state index in [1.165, 1.54) is 6.07 Å². The topological polar surface area (TPSA) is 144 Å². The lowest BCUT2D eigenvalue weighted by Gasteiger charge is -2.34. The molecule has 3 aliphatic heterocycles. The number of amides is 1. The number of ether oxygens (including phenoxy) is 2. The minimum Gasteiger partial charge on any atom is -0.508 e. The molecule has 1 amide bonds. The summed E-state index contributed by atoms with van der Waals surface area (Å²) in [6.07, 6.45) is 9.71. The Balaban J connectivity index is 1.11. The van der Waals surface area contributed by atoms with Crippen LogP contribution < -0.4 is 15.0 Å². The predicted octanol–water partition coefficient (Wildman–Crippen LogP) is 8.21. The number of hydrogen-bond acceptors (Lipinski definition) is 11. The number of phenolic OH excluding ortho intramolecular Hbond substituents is 1. The fourth-order valence-corrected chi connectivity index (χ4v) is 9.83. The molecule has 9 rings (SSSR count). The molecule has 0 saturated carbocycles. The lowest BCUT2D eigenvalue weighted by atomic mass is 9.94. The molecule has 4 unspecified atom stereocenters. The number of carbonyl (C=O) groups is 1. The highest BCUT2D eigenvalue weighted by molar-refractivity contribution is 6.04. The largest absolute Gasteiger partial charge is 0.508 e. The standard InChI is InChI=1S/C49H58FN9O4/c1-7-37-40(50)18-15-33-21-36(60)22-38(43(33)37)44-47(45-39(23-51-44)48(54-42(53-45)19-10-30(5)62-6)57-24-34-16-17-35(25-57)52-34)63-27-31-11-13-32(14-12-31)41-26-59(56-55-41)46(28(2)3)49(61)58-20-8-9-29(58)4/h11-15,18,21-23,26,28-30,34-35,46,52,60H,7-10,16-17,19-20,24-25,27H2,1-6H3/t29?,30-,34?,35?,46?/m0/s1. The molecule has 3 fully saturated rings. The molecule has 0 spiro atoms. The highest BCUT2D eigenvalue weighted by atomic mass is 19.1. The fraction of sp³-hybridized carbons (Fsp3) is 0.469. The summed E-state index contributed by atoms with van der Waals surface area (Å²) < 4.78 is 29.8. The SMILES string of the molecule is CCc1c(F)ccc2cc(O)cc(-c3ncc4c(N5CC6CCC(C5)N6)nc(CC[C@H](C)OC)nc4c3OCc3ccc(-c4cn(C(C(=O)N5CCCC5C)C(C)C)nn4)cc3)c12. The maximum absolute atomic E-state index is 15.6. The number of methoxy groups -OCH3 is 1. The highest BCUT2D eigenvalue weighted by Crippen LogP contribution is 2.43. The first kappa shape index (κ1) is 42.6. The number of nitrogens with zero attached hydrogens (tertiary/aromatic N) is 8. The lowest BCUT2D eigenvalue weighted by Crippen LogP contribution is -2.51. The lowest BCUT2D eigenvalue weighted by molar-refractivity contribution is -0.137. The molecule has 330 valence electrons. The van der Waals surface area contributed by atoms with Gasteiger partial charge in [-0.05, 0) is 98.4 Å². The van der Waals surface area contributed by atoms with E-state index < -0.39 is 6.04 Å². The molecule has 3 aromatic heterocycles. The van der Waals surface area contributed by atoms with Crippen LogP contribution >= 0.6 is 0 Å². The molecule has 3 saturated heterocycles. The smallest absolute Gasteiger partial charge is 0.248 e. The average Bonchev–Trinajstić information content (AvgIpc) is 4.03. The normalized spacial score (nSPS) is 19.7. The van der Waals surface area contributed by atoms with Crippen LogP contribution in [-0.2, 0) is 29.0 Å². The van der Waals surface area contributed by atoms with Crippen molar-refractivity contribution in [2.75, 3.05) is 31.6 Å². The molecule has 3 aromatic carbocycles. The second kappa shape index (κ2) is 17.8. The van der Waals surface area contributed by atoms with Crippen LogP contribution in [0.2, 0.25) is 0 Å². The van der Waals surface area contributed by atoms with Gasteiger partial charge in [0.2, 0.25) is 5.91 Å². The summed E-state index contributed by atoms with van der Waals surface area (Å²) in [7, 11) is 1.71. The zero-order valence-corrected chi connectivity index (χ0v) is 37.1. The summed E-state index contributed by atoms with van der Waals surface area (Å²) in [5, 5.41) is 25.9. The van der Waals surface area contributed by atoms with Gasteiger partial charge in [-0.2, -0.15) is 0 Å². The Morgan fingerprint density at radius 3 is 2.51 bits per heavy atom. The van der Waals surface area contributed by atoms with Crippen molar-refractivity contribution in [2.45, 2.75) is 116 Å². The van der Waals surface area contributed by atoms with Gasteiger partial charge in [-0.25, -0.2) is 19.0 Å². The number of likely N-dealkylation sites (tertiary alicyclic amines) is 1. The van der Waals surface area contributed by atoms with E-state index in [0.29, 0.717) is 75.3 Å². The number of pyridine rings is 1. The van der Waals surface area contributed by atoms with E-state index in [-0.39, 0.29) is 42.1 Å². The van der Waals surface area contributed by atoms with E-state index >= 15 is 4.39 Å². The molecular formula is C49H58FN9O4. The molecule has 2 bridgehead atoms. The maximum Gasteiger partial charge on any atom is 0.248 e. The molecule has 2 N–H and O–H groups in total. The van der Waals surface area contributed by atoms with Crippen LogP contribution in [0.1, 0.15) is 89.7 Å². The summed E-state index contributed by atoms with van der Waals surface area (Å²) in [4.78, 5) is 33.5. The number of carbonyl (C=O) groups excluding carboxylic acids is 1. The zero-order chi connectivity index (χ0) is 43.9. The first-order valence-corrected chi connectivity index (χ1v) is 22.6. The van der Waals surface area contributed by atoms with Gasteiger partial charge in [0.05, 0.1) is 17.7 Å². The molecule has 6 heterocycles. The second-order valence-electron chi connectivity index (χ2n) is 18.0. The van der Waals surface area contributed by atoms with Crippen molar-refractivity contribution in [3.63, 3.8) is 0 Å². The number of phenols is 1. The molecule has 5 atom stereocenters. The van der Waals surface area contributed by atoms with E-state index in [1.807, 2.05) is 69.3 Å². The molecular weight excluding hydrogens is 798 g/mol. The Morgan fingerprint density at radius 2 is 1.81 bits per heavy atom.